The summed E-state index contributed by atoms with van der Waals surface area (Å²) in [5.41, 5.74) is 1.02. The van der Waals surface area contributed by atoms with Crippen LogP contribution in [0.4, 0.5) is 0 Å². The zero-order valence-electron chi connectivity index (χ0n) is 12.8. The normalized spacial score (nSPS) is 29.3. The van der Waals surface area contributed by atoms with E-state index >= 15 is 0 Å². The maximum atomic E-state index is 6.11. The van der Waals surface area contributed by atoms with Crippen molar-refractivity contribution in [2.45, 2.75) is 45.1 Å². The molecule has 1 heterocycles. The van der Waals surface area contributed by atoms with Gasteiger partial charge in [-0.25, -0.2) is 0 Å². The SMILES string of the molecule is CCNC(CC1CC2CCC1C2)c1cc2ccccc2o1. The quantitative estimate of drug-likeness (QED) is 0.843. The summed E-state index contributed by atoms with van der Waals surface area (Å²) in [6.45, 7) is 3.19. The van der Waals surface area contributed by atoms with Crippen LogP contribution in [0.15, 0.2) is 34.7 Å². The summed E-state index contributed by atoms with van der Waals surface area (Å²) in [6.07, 6.45) is 7.14. The molecule has 4 unspecified atom stereocenters. The lowest BCUT2D eigenvalue weighted by Crippen LogP contribution is -2.25. The molecule has 2 nitrogen and oxygen atoms in total. The standard InChI is InChI=1S/C19H25NO/c1-2-20-17(11-16-10-13-7-8-14(16)9-13)19-12-15-5-3-4-6-18(15)21-19/h3-6,12-14,16-17,20H,2,7-11H2,1H3. The molecule has 2 heteroatoms. The van der Waals surface area contributed by atoms with Gasteiger partial charge in [0, 0.05) is 5.39 Å². The van der Waals surface area contributed by atoms with E-state index in [2.05, 4.69) is 36.5 Å². The molecule has 1 aromatic heterocycles. The molecule has 4 atom stereocenters. The van der Waals surface area contributed by atoms with Crippen LogP contribution in [0.1, 0.15) is 50.8 Å². The first-order valence-electron chi connectivity index (χ1n) is 8.55. The smallest absolute Gasteiger partial charge is 0.134 e. The van der Waals surface area contributed by atoms with Crippen LogP contribution >= 0.6 is 0 Å². The summed E-state index contributed by atoms with van der Waals surface area (Å²) >= 11 is 0. The minimum atomic E-state index is 0.381. The first-order valence-corrected chi connectivity index (χ1v) is 8.55. The first kappa shape index (κ1) is 13.4. The summed E-state index contributed by atoms with van der Waals surface area (Å²) in [5, 5.41) is 4.88. The Morgan fingerprint density at radius 2 is 2.14 bits per heavy atom. The average Bonchev–Trinajstić information content (AvgIpc) is 3.21. The molecular formula is C19H25NO. The van der Waals surface area contributed by atoms with Crippen molar-refractivity contribution in [2.75, 3.05) is 6.54 Å². The van der Waals surface area contributed by atoms with Gasteiger partial charge in [-0.2, -0.15) is 0 Å². The van der Waals surface area contributed by atoms with Crippen LogP contribution in [0.2, 0.25) is 0 Å². The largest absolute Gasteiger partial charge is 0.459 e. The monoisotopic (exact) mass is 283 g/mol. The molecule has 2 aliphatic rings. The van der Waals surface area contributed by atoms with Gasteiger partial charge >= 0.3 is 0 Å². The number of hydrogen-bond donors (Lipinski definition) is 1. The third kappa shape index (κ3) is 2.50. The lowest BCUT2D eigenvalue weighted by molar-refractivity contribution is 0.266. The van der Waals surface area contributed by atoms with E-state index in [-0.39, 0.29) is 0 Å². The Balaban J connectivity index is 1.55. The summed E-state index contributed by atoms with van der Waals surface area (Å²) in [4.78, 5) is 0. The Labute approximate surface area is 126 Å². The van der Waals surface area contributed by atoms with Crippen LogP contribution < -0.4 is 5.32 Å². The van der Waals surface area contributed by atoms with E-state index in [1.165, 1.54) is 37.5 Å². The van der Waals surface area contributed by atoms with Gasteiger partial charge in [0.1, 0.15) is 11.3 Å². The van der Waals surface area contributed by atoms with Crippen molar-refractivity contribution in [3.8, 4) is 0 Å². The van der Waals surface area contributed by atoms with Crippen molar-refractivity contribution in [2.24, 2.45) is 17.8 Å². The minimum Gasteiger partial charge on any atom is -0.459 e. The van der Waals surface area contributed by atoms with E-state index < -0.39 is 0 Å². The number of nitrogens with one attached hydrogen (secondary N) is 1. The van der Waals surface area contributed by atoms with Gasteiger partial charge in [0.2, 0.25) is 0 Å². The highest BCUT2D eigenvalue weighted by Gasteiger charge is 2.40. The van der Waals surface area contributed by atoms with Crippen molar-refractivity contribution in [3.63, 3.8) is 0 Å². The minimum absolute atomic E-state index is 0.381. The van der Waals surface area contributed by atoms with Gasteiger partial charge in [-0.1, -0.05) is 31.5 Å². The Morgan fingerprint density at radius 1 is 1.24 bits per heavy atom. The number of rotatable bonds is 5. The fraction of sp³-hybridized carbons (Fsp3) is 0.579. The maximum absolute atomic E-state index is 6.11. The fourth-order valence-electron chi connectivity index (χ4n) is 4.69. The Bertz CT molecular complexity index is 584. The first-order chi connectivity index (χ1) is 10.3. The molecule has 1 N–H and O–H groups in total. The lowest BCUT2D eigenvalue weighted by Gasteiger charge is -2.26. The molecule has 4 rings (SSSR count). The number of fused-ring (bicyclic) bond motifs is 3. The average molecular weight is 283 g/mol. The Kier molecular flexibility index (Phi) is 3.50. The van der Waals surface area contributed by atoms with Crippen LogP contribution in [0.25, 0.3) is 11.0 Å². The fourth-order valence-corrected chi connectivity index (χ4v) is 4.69. The van der Waals surface area contributed by atoms with Crippen LogP contribution in [-0.2, 0) is 0 Å². The molecule has 0 spiro atoms. The number of hydrogen-bond acceptors (Lipinski definition) is 2. The van der Waals surface area contributed by atoms with Crippen LogP contribution in [0.3, 0.4) is 0 Å². The van der Waals surface area contributed by atoms with Gasteiger partial charge in [0.25, 0.3) is 0 Å². The van der Waals surface area contributed by atoms with Crippen molar-refractivity contribution in [3.05, 3.63) is 36.1 Å². The zero-order valence-corrected chi connectivity index (χ0v) is 12.8. The van der Waals surface area contributed by atoms with Crippen molar-refractivity contribution in [1.29, 1.82) is 0 Å². The molecule has 2 saturated carbocycles. The van der Waals surface area contributed by atoms with E-state index in [1.807, 2.05) is 6.07 Å². The van der Waals surface area contributed by atoms with Gasteiger partial charge in [0.05, 0.1) is 6.04 Å². The molecule has 0 saturated heterocycles. The maximum Gasteiger partial charge on any atom is 0.134 e. The predicted molar refractivity (Wildman–Crippen MR) is 86.2 cm³/mol. The summed E-state index contributed by atoms with van der Waals surface area (Å²) in [6, 6.07) is 11.0. The molecule has 2 fully saturated rings. The van der Waals surface area contributed by atoms with E-state index in [4.69, 9.17) is 4.42 Å². The second kappa shape index (κ2) is 5.49. The molecular weight excluding hydrogens is 258 g/mol. The van der Waals surface area contributed by atoms with Crippen LogP contribution in [0, 0.1) is 17.8 Å². The number of para-hydroxylation sites is 1. The molecule has 112 valence electrons. The molecule has 0 aliphatic heterocycles. The third-order valence-electron chi connectivity index (χ3n) is 5.66. The van der Waals surface area contributed by atoms with Crippen molar-refractivity contribution < 1.29 is 4.42 Å². The predicted octanol–water partition coefficient (Wildman–Crippen LogP) is 4.91. The van der Waals surface area contributed by atoms with Crippen LogP contribution in [0.5, 0.6) is 0 Å². The van der Waals surface area contributed by atoms with Crippen molar-refractivity contribution in [1.82, 2.24) is 5.32 Å². The second-order valence-corrected chi connectivity index (χ2v) is 6.97. The molecule has 2 aromatic rings. The highest BCUT2D eigenvalue weighted by atomic mass is 16.3. The van der Waals surface area contributed by atoms with Gasteiger partial charge in [0.15, 0.2) is 0 Å². The second-order valence-electron chi connectivity index (χ2n) is 6.97. The van der Waals surface area contributed by atoms with E-state index in [1.54, 1.807) is 0 Å². The van der Waals surface area contributed by atoms with Crippen molar-refractivity contribution >= 4 is 11.0 Å². The molecule has 0 radical (unpaired) electrons. The molecule has 1 aromatic carbocycles. The Hall–Kier alpha value is -1.28. The van der Waals surface area contributed by atoms with Crippen LogP contribution in [-0.4, -0.2) is 6.54 Å². The summed E-state index contributed by atoms with van der Waals surface area (Å²) in [5.74, 6) is 4.04. The van der Waals surface area contributed by atoms with Gasteiger partial charge in [-0.05, 0) is 62.1 Å². The van der Waals surface area contributed by atoms with E-state index in [0.29, 0.717) is 6.04 Å². The molecule has 0 amide bonds. The zero-order chi connectivity index (χ0) is 14.2. The molecule has 2 aliphatic carbocycles. The van der Waals surface area contributed by atoms with Gasteiger partial charge in [-0.15, -0.1) is 0 Å². The topological polar surface area (TPSA) is 25.2 Å². The summed E-state index contributed by atoms with van der Waals surface area (Å²) in [7, 11) is 0. The number of benzene rings is 1. The Morgan fingerprint density at radius 3 is 2.86 bits per heavy atom. The molecule has 2 bridgehead atoms. The summed E-state index contributed by atoms with van der Waals surface area (Å²) < 4.78 is 6.11. The highest BCUT2D eigenvalue weighted by molar-refractivity contribution is 5.77. The van der Waals surface area contributed by atoms with Gasteiger partial charge in [-0.3, -0.25) is 0 Å². The van der Waals surface area contributed by atoms with E-state index in [9.17, 15) is 0 Å². The van der Waals surface area contributed by atoms with Gasteiger partial charge < -0.3 is 9.73 Å². The molecule has 21 heavy (non-hydrogen) atoms. The van der Waals surface area contributed by atoms with E-state index in [0.717, 1.165) is 35.6 Å². The third-order valence-corrected chi connectivity index (χ3v) is 5.66. The number of furan rings is 1. The highest BCUT2D eigenvalue weighted by Crippen LogP contribution is 2.51. The lowest BCUT2D eigenvalue weighted by atomic mass is 9.83.